The van der Waals surface area contributed by atoms with Crippen molar-refractivity contribution in [1.82, 2.24) is 4.98 Å². The van der Waals surface area contributed by atoms with E-state index in [1.165, 1.54) is 18.3 Å². The largest absolute Gasteiger partial charge is 0.484 e. The van der Waals surface area contributed by atoms with Crippen molar-refractivity contribution < 1.29 is 18.4 Å². The molecule has 0 fully saturated rings. The first-order valence-electron chi connectivity index (χ1n) is 5.24. The average molecular weight is 266 g/mol. The first kappa shape index (κ1) is 12.9. The minimum Gasteiger partial charge on any atom is -0.484 e. The molecule has 5 nitrogen and oxygen atoms in total. The minimum absolute atomic E-state index is 0.0659. The highest BCUT2D eigenvalue weighted by atomic mass is 19.1. The molecule has 0 bridgehead atoms. The highest BCUT2D eigenvalue weighted by Gasteiger charge is 2.15. The Labute approximate surface area is 106 Å². The fourth-order valence-electron chi connectivity index (χ4n) is 1.45. The van der Waals surface area contributed by atoms with E-state index in [0.29, 0.717) is 6.07 Å². The molecule has 0 saturated carbocycles. The van der Waals surface area contributed by atoms with Crippen LogP contribution in [0.25, 0.3) is 0 Å². The topological polar surface area (TPSA) is 65.3 Å². The zero-order valence-electron chi connectivity index (χ0n) is 9.55. The fourth-order valence-corrected chi connectivity index (χ4v) is 1.45. The molecule has 2 aromatic rings. The smallest absolute Gasteiger partial charge is 0.294 e. The van der Waals surface area contributed by atoms with Crippen LogP contribution in [0.3, 0.4) is 0 Å². The van der Waals surface area contributed by atoms with Gasteiger partial charge in [0.05, 0.1) is 4.92 Å². The molecule has 1 aromatic heterocycles. The van der Waals surface area contributed by atoms with Crippen LogP contribution in [0.2, 0.25) is 0 Å². The van der Waals surface area contributed by atoms with Gasteiger partial charge < -0.3 is 4.74 Å². The summed E-state index contributed by atoms with van der Waals surface area (Å²) in [6, 6.07) is 5.50. The van der Waals surface area contributed by atoms with Gasteiger partial charge in [-0.1, -0.05) is 0 Å². The Morgan fingerprint density at radius 2 is 2.11 bits per heavy atom. The maximum Gasteiger partial charge on any atom is 0.294 e. The van der Waals surface area contributed by atoms with E-state index in [4.69, 9.17) is 4.74 Å². The van der Waals surface area contributed by atoms with Gasteiger partial charge in [0, 0.05) is 18.3 Å². The van der Waals surface area contributed by atoms with Crippen LogP contribution < -0.4 is 4.74 Å². The minimum atomic E-state index is -0.876. The van der Waals surface area contributed by atoms with Crippen LogP contribution in [0.5, 0.6) is 5.75 Å². The van der Waals surface area contributed by atoms with Crippen molar-refractivity contribution in [1.29, 1.82) is 0 Å². The monoisotopic (exact) mass is 266 g/mol. The maximum atomic E-state index is 13.3. The van der Waals surface area contributed by atoms with Crippen LogP contribution in [0.15, 0.2) is 36.5 Å². The number of halogens is 2. The van der Waals surface area contributed by atoms with Gasteiger partial charge in [0.15, 0.2) is 17.3 Å². The van der Waals surface area contributed by atoms with E-state index < -0.39 is 16.6 Å². The van der Waals surface area contributed by atoms with E-state index >= 15 is 0 Å². The summed E-state index contributed by atoms with van der Waals surface area (Å²) >= 11 is 0. The standard InChI is InChI=1S/C12H8F2N2O3/c13-8-3-4-12(9(14)6-8)19-7-10-11(16(17)18)2-1-5-15-10/h1-6H,7H2. The lowest BCUT2D eigenvalue weighted by Gasteiger charge is -2.06. The lowest BCUT2D eigenvalue weighted by Crippen LogP contribution is -2.03. The molecule has 0 radical (unpaired) electrons. The second kappa shape index (κ2) is 5.38. The molecular weight excluding hydrogens is 258 g/mol. The second-order valence-corrected chi connectivity index (χ2v) is 3.59. The predicted octanol–water partition coefficient (Wildman–Crippen LogP) is 2.85. The summed E-state index contributed by atoms with van der Waals surface area (Å²) in [6.07, 6.45) is 1.37. The van der Waals surface area contributed by atoms with E-state index in [-0.39, 0.29) is 23.7 Å². The zero-order chi connectivity index (χ0) is 13.8. The molecule has 0 unspecified atom stereocenters. The highest BCUT2D eigenvalue weighted by Crippen LogP contribution is 2.21. The number of pyridine rings is 1. The third-order valence-corrected chi connectivity index (χ3v) is 2.32. The molecule has 0 aliphatic heterocycles. The Balaban J connectivity index is 2.17. The van der Waals surface area contributed by atoms with Gasteiger partial charge in [0.2, 0.25) is 0 Å². The van der Waals surface area contributed by atoms with Crippen LogP contribution in [0.1, 0.15) is 5.69 Å². The van der Waals surface area contributed by atoms with Gasteiger partial charge in [0.25, 0.3) is 5.69 Å². The highest BCUT2D eigenvalue weighted by molar-refractivity contribution is 5.34. The molecule has 0 aliphatic carbocycles. The number of rotatable bonds is 4. The van der Waals surface area contributed by atoms with Crippen molar-refractivity contribution in [3.63, 3.8) is 0 Å². The number of benzene rings is 1. The molecule has 1 aromatic carbocycles. The number of aromatic nitrogens is 1. The molecule has 0 saturated heterocycles. The third kappa shape index (κ3) is 3.01. The first-order valence-corrected chi connectivity index (χ1v) is 5.24. The summed E-state index contributed by atoms with van der Waals surface area (Å²) in [5, 5.41) is 10.7. The van der Waals surface area contributed by atoms with Gasteiger partial charge in [-0.3, -0.25) is 15.1 Å². The molecule has 0 aliphatic rings. The number of hydrogen-bond donors (Lipinski definition) is 0. The van der Waals surface area contributed by atoms with Crippen LogP contribution in [0, 0.1) is 21.7 Å². The number of nitrogens with zero attached hydrogens (tertiary/aromatic N) is 2. The van der Waals surface area contributed by atoms with E-state index in [2.05, 4.69) is 4.98 Å². The molecule has 0 atom stereocenters. The lowest BCUT2D eigenvalue weighted by atomic mass is 10.3. The third-order valence-electron chi connectivity index (χ3n) is 2.32. The van der Waals surface area contributed by atoms with Gasteiger partial charge >= 0.3 is 0 Å². The first-order chi connectivity index (χ1) is 9.08. The Kier molecular flexibility index (Phi) is 3.65. The Bertz CT molecular complexity index is 620. The normalized spacial score (nSPS) is 10.2. The van der Waals surface area contributed by atoms with Crippen molar-refractivity contribution in [3.05, 3.63) is 64.0 Å². The molecule has 1 heterocycles. The second-order valence-electron chi connectivity index (χ2n) is 3.59. The molecule has 0 N–H and O–H groups in total. The fraction of sp³-hybridized carbons (Fsp3) is 0.0833. The number of ether oxygens (including phenoxy) is 1. The summed E-state index contributed by atoms with van der Waals surface area (Å²) in [5.41, 5.74) is -0.152. The summed E-state index contributed by atoms with van der Waals surface area (Å²) in [6.45, 7) is -0.278. The molecule has 98 valence electrons. The predicted molar refractivity (Wildman–Crippen MR) is 61.6 cm³/mol. The Morgan fingerprint density at radius 3 is 2.79 bits per heavy atom. The van der Waals surface area contributed by atoms with E-state index in [9.17, 15) is 18.9 Å². The lowest BCUT2D eigenvalue weighted by molar-refractivity contribution is -0.386. The number of nitro groups is 1. The van der Waals surface area contributed by atoms with Gasteiger partial charge in [-0.05, 0) is 18.2 Å². The van der Waals surface area contributed by atoms with Crippen LogP contribution >= 0.6 is 0 Å². The molecule has 0 spiro atoms. The van der Waals surface area contributed by atoms with Gasteiger partial charge in [-0.2, -0.15) is 0 Å². The van der Waals surface area contributed by atoms with Crippen LogP contribution in [-0.2, 0) is 6.61 Å². The van der Waals surface area contributed by atoms with Crippen LogP contribution in [0.4, 0.5) is 14.5 Å². The maximum absolute atomic E-state index is 13.3. The molecule has 7 heteroatoms. The quantitative estimate of drug-likeness (QED) is 0.630. The SMILES string of the molecule is O=[N+]([O-])c1cccnc1COc1ccc(F)cc1F. The van der Waals surface area contributed by atoms with E-state index in [1.54, 1.807) is 0 Å². The molecule has 19 heavy (non-hydrogen) atoms. The number of hydrogen-bond acceptors (Lipinski definition) is 4. The zero-order valence-corrected chi connectivity index (χ0v) is 9.55. The average Bonchev–Trinajstić information content (AvgIpc) is 2.38. The van der Waals surface area contributed by atoms with Crippen LogP contribution in [-0.4, -0.2) is 9.91 Å². The Morgan fingerprint density at radius 1 is 1.32 bits per heavy atom. The van der Waals surface area contributed by atoms with E-state index in [1.807, 2.05) is 0 Å². The van der Waals surface area contributed by atoms with E-state index in [0.717, 1.165) is 12.1 Å². The van der Waals surface area contributed by atoms with Crippen molar-refractivity contribution >= 4 is 5.69 Å². The van der Waals surface area contributed by atoms with Crippen molar-refractivity contribution in [2.75, 3.05) is 0 Å². The molecule has 0 amide bonds. The molecular formula is C12H8F2N2O3. The van der Waals surface area contributed by atoms with Gasteiger partial charge in [0.1, 0.15) is 12.4 Å². The summed E-state index contributed by atoms with van der Waals surface area (Å²) in [7, 11) is 0. The molecule has 2 rings (SSSR count). The summed E-state index contributed by atoms with van der Waals surface area (Å²) < 4.78 is 31.0. The Hall–Kier alpha value is -2.57. The summed E-state index contributed by atoms with van der Waals surface area (Å²) in [5.74, 6) is -1.80. The van der Waals surface area contributed by atoms with Gasteiger partial charge in [-0.15, -0.1) is 0 Å². The summed E-state index contributed by atoms with van der Waals surface area (Å²) in [4.78, 5) is 13.9. The van der Waals surface area contributed by atoms with Gasteiger partial charge in [-0.25, -0.2) is 8.78 Å². The van der Waals surface area contributed by atoms with Crippen molar-refractivity contribution in [2.24, 2.45) is 0 Å². The van der Waals surface area contributed by atoms with Crippen molar-refractivity contribution in [2.45, 2.75) is 6.61 Å². The van der Waals surface area contributed by atoms with Crippen molar-refractivity contribution in [3.8, 4) is 5.75 Å².